The van der Waals surface area contributed by atoms with E-state index in [4.69, 9.17) is 0 Å². The summed E-state index contributed by atoms with van der Waals surface area (Å²) in [6, 6.07) is 6.31. The van der Waals surface area contributed by atoms with Gasteiger partial charge in [0.05, 0.1) is 18.4 Å². The lowest BCUT2D eigenvalue weighted by Crippen LogP contribution is -2.31. The van der Waals surface area contributed by atoms with E-state index in [2.05, 4.69) is 9.64 Å². The molecule has 98 valence electrons. The van der Waals surface area contributed by atoms with Crippen LogP contribution in [0.3, 0.4) is 0 Å². The molecule has 0 atom stereocenters. The van der Waals surface area contributed by atoms with E-state index in [9.17, 15) is 9.28 Å². The molecule has 1 saturated heterocycles. The first-order chi connectivity index (χ1) is 8.70. The topological polar surface area (TPSA) is 32.8 Å². The molecule has 2 rings (SSSR count). The van der Waals surface area contributed by atoms with E-state index in [1.165, 1.54) is 7.11 Å². The molecule has 0 saturated carbocycles. The summed E-state index contributed by atoms with van der Waals surface area (Å²) < 4.78 is 18.5. The maximum absolute atomic E-state index is 13.9. The summed E-state index contributed by atoms with van der Waals surface area (Å²) in [4.78, 5) is 13.3. The van der Waals surface area contributed by atoms with Gasteiger partial charge in [-0.25, -0.2) is 4.79 Å². The predicted octanol–water partition coefficient (Wildman–Crippen LogP) is 2.22. The van der Waals surface area contributed by atoms with Crippen LogP contribution in [0.5, 0.6) is 0 Å². The van der Waals surface area contributed by atoms with Crippen molar-refractivity contribution < 1.29 is 14.0 Å². The number of likely N-dealkylation sites (tertiary alicyclic amines) is 1. The van der Waals surface area contributed by atoms with Crippen molar-refractivity contribution in [3.05, 3.63) is 29.8 Å². The molecular formula is C13H17FN2O2. The number of methoxy groups -OCH3 is 1. The van der Waals surface area contributed by atoms with E-state index in [1.807, 2.05) is 0 Å². The largest absolute Gasteiger partial charge is 0.465 e. The lowest BCUT2D eigenvalue weighted by molar-refractivity contribution is 0.0600. The summed E-state index contributed by atoms with van der Waals surface area (Å²) in [6.07, 6.45) is 2.27. The highest BCUT2D eigenvalue weighted by Crippen LogP contribution is 2.18. The Hall–Kier alpha value is -1.62. The average Bonchev–Trinajstić information content (AvgIpc) is 2.91. The molecular weight excluding hydrogens is 235 g/mol. The molecule has 0 unspecified atom stereocenters. The minimum Gasteiger partial charge on any atom is -0.465 e. The number of rotatable bonds is 4. The van der Waals surface area contributed by atoms with Crippen LogP contribution in [-0.4, -0.2) is 37.7 Å². The van der Waals surface area contributed by atoms with Crippen LogP contribution in [0.1, 0.15) is 23.2 Å². The van der Waals surface area contributed by atoms with Gasteiger partial charge in [-0.1, -0.05) is 4.48 Å². The number of ether oxygens (including phenoxy) is 1. The first kappa shape index (κ1) is 12.8. The third-order valence-electron chi connectivity index (χ3n) is 3.09. The van der Waals surface area contributed by atoms with Crippen molar-refractivity contribution in [2.45, 2.75) is 12.8 Å². The lowest BCUT2D eigenvalue weighted by atomic mass is 10.2. The molecule has 1 aromatic rings. The van der Waals surface area contributed by atoms with Gasteiger partial charge in [0, 0.05) is 0 Å². The highest BCUT2D eigenvalue weighted by molar-refractivity contribution is 5.89. The van der Waals surface area contributed by atoms with Crippen LogP contribution in [0.15, 0.2) is 24.3 Å². The maximum Gasteiger partial charge on any atom is 0.337 e. The molecule has 0 bridgehead atoms. The van der Waals surface area contributed by atoms with Gasteiger partial charge in [-0.2, -0.15) is 5.12 Å². The molecule has 0 N–H and O–H groups in total. The van der Waals surface area contributed by atoms with E-state index >= 15 is 0 Å². The minimum absolute atomic E-state index is 0.275. The van der Waals surface area contributed by atoms with E-state index in [0.29, 0.717) is 16.4 Å². The number of hydrogen-bond donors (Lipinski definition) is 0. The first-order valence-corrected chi connectivity index (χ1v) is 6.05. The number of esters is 1. The number of nitrogens with zero attached hydrogens (tertiary/aromatic N) is 2. The van der Waals surface area contributed by atoms with Gasteiger partial charge in [0.1, 0.15) is 6.67 Å². The number of anilines is 1. The number of hydrogen-bond acceptors (Lipinski definition) is 4. The van der Waals surface area contributed by atoms with Gasteiger partial charge < -0.3 is 4.74 Å². The van der Waals surface area contributed by atoms with Crippen molar-refractivity contribution in [2.75, 3.05) is 32.0 Å². The van der Waals surface area contributed by atoms with E-state index < -0.39 is 5.97 Å². The fraction of sp³-hybridized carbons (Fsp3) is 0.462. The number of benzene rings is 1. The Morgan fingerprint density at radius 3 is 2.50 bits per heavy atom. The minimum atomic E-state index is -0.411. The van der Waals surface area contributed by atoms with Crippen molar-refractivity contribution in [3.63, 3.8) is 0 Å². The molecule has 1 heterocycles. The molecule has 0 amide bonds. The molecule has 4 nitrogen and oxygen atoms in total. The van der Waals surface area contributed by atoms with Crippen LogP contribution in [0.4, 0.5) is 10.2 Å². The number of carbonyl (C=O) groups is 1. The van der Waals surface area contributed by atoms with Crippen LogP contribution in [0, 0.1) is 0 Å². The standard InChI is InChI=1S/C13H17FN2O2/c1-18-13(17)11-4-6-12(7-5-11)16(14)10-15-8-2-3-9-15/h4-7H,2-3,8-10H2,1H3. The van der Waals surface area contributed by atoms with Crippen LogP contribution in [0.2, 0.25) is 0 Å². The molecule has 1 aromatic carbocycles. The fourth-order valence-corrected chi connectivity index (χ4v) is 2.06. The normalized spacial score (nSPS) is 15.7. The first-order valence-electron chi connectivity index (χ1n) is 6.05. The van der Waals surface area contributed by atoms with Crippen LogP contribution >= 0.6 is 0 Å². The lowest BCUT2D eigenvalue weighted by Gasteiger charge is -2.21. The Balaban J connectivity index is 1.97. The fourth-order valence-electron chi connectivity index (χ4n) is 2.06. The van der Waals surface area contributed by atoms with E-state index in [1.54, 1.807) is 24.3 Å². The Bertz CT molecular complexity index is 402. The zero-order chi connectivity index (χ0) is 13.0. The average molecular weight is 252 g/mol. The second-order valence-electron chi connectivity index (χ2n) is 4.37. The molecule has 1 aliphatic heterocycles. The zero-order valence-electron chi connectivity index (χ0n) is 10.4. The van der Waals surface area contributed by atoms with Crippen molar-refractivity contribution in [1.82, 2.24) is 4.90 Å². The molecule has 0 spiro atoms. The van der Waals surface area contributed by atoms with Crippen molar-refractivity contribution in [1.29, 1.82) is 0 Å². The summed E-state index contributed by atoms with van der Waals surface area (Å²) >= 11 is 0. The van der Waals surface area contributed by atoms with Gasteiger partial charge in [-0.05, 0) is 50.2 Å². The molecule has 1 fully saturated rings. The SMILES string of the molecule is COC(=O)c1ccc(N(F)CN2CCCC2)cc1. The van der Waals surface area contributed by atoms with Gasteiger partial charge in [-0.15, -0.1) is 0 Å². The van der Waals surface area contributed by atoms with Crippen molar-refractivity contribution >= 4 is 11.7 Å². The monoisotopic (exact) mass is 252 g/mol. The molecule has 1 aliphatic rings. The number of halogens is 1. The summed E-state index contributed by atoms with van der Waals surface area (Å²) in [5, 5.41) is 0.701. The van der Waals surface area contributed by atoms with Crippen molar-refractivity contribution in [3.8, 4) is 0 Å². The van der Waals surface area contributed by atoms with Gasteiger partial charge in [-0.3, -0.25) is 4.90 Å². The van der Waals surface area contributed by atoms with Gasteiger partial charge in [0.25, 0.3) is 0 Å². The quantitative estimate of drug-likeness (QED) is 0.607. The second-order valence-corrected chi connectivity index (χ2v) is 4.37. The summed E-state index contributed by atoms with van der Waals surface area (Å²) in [7, 11) is 1.32. The van der Waals surface area contributed by atoms with Crippen molar-refractivity contribution in [2.24, 2.45) is 0 Å². The molecule has 0 aromatic heterocycles. The third-order valence-corrected chi connectivity index (χ3v) is 3.09. The third kappa shape index (κ3) is 2.98. The smallest absolute Gasteiger partial charge is 0.337 e. The number of carbonyl (C=O) groups excluding carboxylic acids is 1. The zero-order valence-corrected chi connectivity index (χ0v) is 10.4. The van der Waals surface area contributed by atoms with E-state index in [-0.39, 0.29) is 6.67 Å². The van der Waals surface area contributed by atoms with Gasteiger partial charge in [0.2, 0.25) is 0 Å². The summed E-state index contributed by atoms with van der Waals surface area (Å²) in [5.74, 6) is -0.411. The second kappa shape index (κ2) is 5.82. The molecule has 0 aliphatic carbocycles. The van der Waals surface area contributed by atoms with Crippen LogP contribution in [-0.2, 0) is 4.74 Å². The summed E-state index contributed by atoms with van der Waals surface area (Å²) in [5.41, 5.74) is 0.880. The van der Waals surface area contributed by atoms with Gasteiger partial charge in [0.15, 0.2) is 0 Å². The molecule has 5 heteroatoms. The predicted molar refractivity (Wildman–Crippen MR) is 67.0 cm³/mol. The highest BCUT2D eigenvalue weighted by Gasteiger charge is 2.16. The molecule has 0 radical (unpaired) electrons. The Kier molecular flexibility index (Phi) is 4.15. The Morgan fingerprint density at radius 2 is 1.94 bits per heavy atom. The highest BCUT2D eigenvalue weighted by atomic mass is 19.2. The van der Waals surface area contributed by atoms with Crippen LogP contribution in [0.25, 0.3) is 0 Å². The Morgan fingerprint density at radius 1 is 1.33 bits per heavy atom. The summed E-state index contributed by atoms with van der Waals surface area (Å²) in [6.45, 7) is 2.17. The maximum atomic E-state index is 13.9. The van der Waals surface area contributed by atoms with Gasteiger partial charge >= 0.3 is 5.97 Å². The molecule has 18 heavy (non-hydrogen) atoms. The Labute approximate surface area is 106 Å². The van der Waals surface area contributed by atoms with E-state index in [0.717, 1.165) is 25.9 Å². The van der Waals surface area contributed by atoms with Crippen LogP contribution < -0.4 is 5.12 Å².